The number of ether oxygens (including phenoxy) is 1. The van der Waals surface area contributed by atoms with E-state index in [-0.39, 0.29) is 18.9 Å². The number of carbonyl (C=O) groups excluding carboxylic acids is 2. The number of methoxy groups -OCH3 is 1. The standard InChI is InChI=1S/C22H24N2O5/c1-16-8-3-4-9-17(16)14-23(15-21(26)28-2)20(25)12-7-13-24-18-10-5-6-11-19(18)29-22(24)27/h3-6,8-11H,7,12-15H2,1-2H3. The molecule has 0 saturated heterocycles. The maximum absolute atomic E-state index is 12.8. The Kier molecular flexibility index (Phi) is 6.49. The summed E-state index contributed by atoms with van der Waals surface area (Å²) in [7, 11) is 1.30. The van der Waals surface area contributed by atoms with Crippen molar-refractivity contribution in [3.63, 3.8) is 0 Å². The first-order valence-corrected chi connectivity index (χ1v) is 9.47. The van der Waals surface area contributed by atoms with Gasteiger partial charge in [0.1, 0.15) is 6.54 Å². The summed E-state index contributed by atoms with van der Waals surface area (Å²) in [6.45, 7) is 2.54. The minimum Gasteiger partial charge on any atom is -0.468 e. The van der Waals surface area contributed by atoms with Gasteiger partial charge in [-0.1, -0.05) is 36.4 Å². The van der Waals surface area contributed by atoms with Gasteiger partial charge >= 0.3 is 11.7 Å². The van der Waals surface area contributed by atoms with Crippen LogP contribution in [0.4, 0.5) is 0 Å². The highest BCUT2D eigenvalue weighted by Gasteiger charge is 2.19. The molecule has 7 nitrogen and oxygen atoms in total. The van der Waals surface area contributed by atoms with Crippen LogP contribution >= 0.6 is 0 Å². The van der Waals surface area contributed by atoms with E-state index in [1.807, 2.05) is 43.3 Å². The highest BCUT2D eigenvalue weighted by molar-refractivity contribution is 5.82. The van der Waals surface area contributed by atoms with E-state index < -0.39 is 11.7 Å². The predicted octanol–water partition coefficient (Wildman–Crippen LogP) is 2.88. The average Bonchev–Trinajstić information content (AvgIpc) is 3.04. The van der Waals surface area contributed by atoms with Crippen LogP contribution in [-0.2, 0) is 27.4 Å². The van der Waals surface area contributed by atoms with Crippen LogP contribution < -0.4 is 5.76 Å². The zero-order chi connectivity index (χ0) is 20.8. The minimum absolute atomic E-state index is 0.113. The van der Waals surface area contributed by atoms with Gasteiger partial charge in [-0.3, -0.25) is 14.2 Å². The fraction of sp³-hybridized carbons (Fsp3) is 0.318. The van der Waals surface area contributed by atoms with Crippen molar-refractivity contribution < 1.29 is 18.7 Å². The van der Waals surface area contributed by atoms with Gasteiger partial charge in [0, 0.05) is 19.5 Å². The lowest BCUT2D eigenvalue weighted by Crippen LogP contribution is -2.36. The molecule has 0 aliphatic heterocycles. The van der Waals surface area contributed by atoms with Gasteiger partial charge in [-0.15, -0.1) is 0 Å². The van der Waals surface area contributed by atoms with E-state index in [0.717, 1.165) is 11.1 Å². The van der Waals surface area contributed by atoms with Crippen LogP contribution in [0.1, 0.15) is 24.0 Å². The second-order valence-corrected chi connectivity index (χ2v) is 6.84. The van der Waals surface area contributed by atoms with E-state index in [2.05, 4.69) is 0 Å². The molecule has 3 aromatic rings. The molecule has 0 N–H and O–H groups in total. The van der Waals surface area contributed by atoms with E-state index in [9.17, 15) is 14.4 Å². The van der Waals surface area contributed by atoms with Crippen LogP contribution in [0.5, 0.6) is 0 Å². The lowest BCUT2D eigenvalue weighted by Gasteiger charge is -2.22. The number of amides is 1. The number of oxazole rings is 1. The lowest BCUT2D eigenvalue weighted by atomic mass is 10.1. The van der Waals surface area contributed by atoms with Crippen molar-refractivity contribution in [1.29, 1.82) is 0 Å². The van der Waals surface area contributed by atoms with Crippen molar-refractivity contribution in [2.24, 2.45) is 0 Å². The number of rotatable bonds is 8. The normalized spacial score (nSPS) is 10.8. The highest BCUT2D eigenvalue weighted by Crippen LogP contribution is 2.14. The van der Waals surface area contributed by atoms with Crippen molar-refractivity contribution in [3.8, 4) is 0 Å². The molecule has 1 heterocycles. The van der Waals surface area contributed by atoms with Gasteiger partial charge in [-0.2, -0.15) is 0 Å². The smallest absolute Gasteiger partial charge is 0.419 e. The number of para-hydroxylation sites is 2. The lowest BCUT2D eigenvalue weighted by molar-refractivity contribution is -0.147. The van der Waals surface area contributed by atoms with Crippen molar-refractivity contribution in [3.05, 3.63) is 70.2 Å². The maximum atomic E-state index is 12.8. The van der Waals surface area contributed by atoms with Crippen molar-refractivity contribution in [2.45, 2.75) is 32.9 Å². The van der Waals surface area contributed by atoms with E-state index in [0.29, 0.717) is 30.6 Å². The Hall–Kier alpha value is -3.35. The minimum atomic E-state index is -0.469. The van der Waals surface area contributed by atoms with E-state index in [1.54, 1.807) is 12.1 Å². The van der Waals surface area contributed by atoms with Crippen molar-refractivity contribution >= 4 is 23.0 Å². The fourth-order valence-corrected chi connectivity index (χ4v) is 3.22. The molecule has 0 spiro atoms. The largest absolute Gasteiger partial charge is 0.468 e. The summed E-state index contributed by atoms with van der Waals surface area (Å²) in [5.74, 6) is -1.08. The molecule has 0 fully saturated rings. The molecule has 7 heteroatoms. The van der Waals surface area contributed by atoms with E-state index >= 15 is 0 Å². The molecule has 0 atom stereocenters. The Labute approximate surface area is 168 Å². The Morgan fingerprint density at radius 2 is 1.83 bits per heavy atom. The molecule has 1 amide bonds. The van der Waals surface area contributed by atoms with Crippen LogP contribution in [-0.4, -0.2) is 35.0 Å². The molecule has 1 aromatic heterocycles. The molecule has 2 aromatic carbocycles. The van der Waals surface area contributed by atoms with Crippen LogP contribution in [0.15, 0.2) is 57.7 Å². The summed E-state index contributed by atoms with van der Waals surface area (Å²) in [4.78, 5) is 38.1. The monoisotopic (exact) mass is 396 g/mol. The van der Waals surface area contributed by atoms with Gasteiger partial charge in [0.05, 0.1) is 12.6 Å². The summed E-state index contributed by atoms with van der Waals surface area (Å²) in [6, 6.07) is 14.9. The third kappa shape index (κ3) is 4.93. The number of esters is 1. The SMILES string of the molecule is COC(=O)CN(Cc1ccccc1C)C(=O)CCCn1c(=O)oc2ccccc21. The van der Waals surface area contributed by atoms with Gasteiger partial charge in [0.2, 0.25) is 5.91 Å². The summed E-state index contributed by atoms with van der Waals surface area (Å²) in [6.07, 6.45) is 0.655. The second kappa shape index (κ2) is 9.23. The maximum Gasteiger partial charge on any atom is 0.419 e. The number of hydrogen-bond donors (Lipinski definition) is 0. The number of aromatic nitrogens is 1. The zero-order valence-corrected chi connectivity index (χ0v) is 16.6. The Morgan fingerprint density at radius 1 is 1.10 bits per heavy atom. The third-order valence-electron chi connectivity index (χ3n) is 4.87. The number of carbonyl (C=O) groups is 2. The topological polar surface area (TPSA) is 81.8 Å². The van der Waals surface area contributed by atoms with Gasteiger partial charge in [0.15, 0.2) is 5.58 Å². The third-order valence-corrected chi connectivity index (χ3v) is 4.87. The average molecular weight is 396 g/mol. The molecule has 152 valence electrons. The molecule has 0 saturated carbocycles. The second-order valence-electron chi connectivity index (χ2n) is 6.84. The highest BCUT2D eigenvalue weighted by atomic mass is 16.5. The van der Waals surface area contributed by atoms with Gasteiger partial charge in [-0.25, -0.2) is 4.79 Å². The van der Waals surface area contributed by atoms with Gasteiger partial charge in [-0.05, 0) is 36.6 Å². The number of benzene rings is 2. The Bertz CT molecular complexity index is 1070. The molecule has 3 rings (SSSR count). The Morgan fingerprint density at radius 3 is 2.59 bits per heavy atom. The van der Waals surface area contributed by atoms with Gasteiger partial charge < -0.3 is 14.1 Å². The molecule has 0 unspecified atom stereocenters. The number of nitrogens with zero attached hydrogens (tertiary/aromatic N) is 2. The molecular weight excluding hydrogens is 372 g/mol. The Balaban J connectivity index is 1.67. The van der Waals surface area contributed by atoms with Crippen LogP contribution in [0.2, 0.25) is 0 Å². The first-order valence-electron chi connectivity index (χ1n) is 9.47. The molecular formula is C22H24N2O5. The molecule has 0 aliphatic rings. The van der Waals surface area contributed by atoms with Crippen LogP contribution in [0.3, 0.4) is 0 Å². The first kappa shape index (κ1) is 20.4. The van der Waals surface area contributed by atoms with Crippen molar-refractivity contribution in [1.82, 2.24) is 9.47 Å². The van der Waals surface area contributed by atoms with E-state index in [4.69, 9.17) is 9.15 Å². The van der Waals surface area contributed by atoms with Crippen LogP contribution in [0, 0.1) is 6.92 Å². The van der Waals surface area contributed by atoms with Gasteiger partial charge in [0.25, 0.3) is 0 Å². The molecule has 29 heavy (non-hydrogen) atoms. The summed E-state index contributed by atoms with van der Waals surface area (Å²) < 4.78 is 11.5. The molecule has 0 radical (unpaired) electrons. The van der Waals surface area contributed by atoms with Crippen molar-refractivity contribution in [2.75, 3.05) is 13.7 Å². The zero-order valence-electron chi connectivity index (χ0n) is 16.6. The molecule has 0 aliphatic carbocycles. The number of hydrogen-bond acceptors (Lipinski definition) is 5. The van der Waals surface area contributed by atoms with Crippen LogP contribution in [0.25, 0.3) is 11.1 Å². The summed E-state index contributed by atoms with van der Waals surface area (Å²) in [5.41, 5.74) is 3.25. The number of aryl methyl sites for hydroxylation is 2. The fourth-order valence-electron chi connectivity index (χ4n) is 3.22. The quantitative estimate of drug-likeness (QED) is 0.547. The predicted molar refractivity (Wildman–Crippen MR) is 108 cm³/mol. The number of fused-ring (bicyclic) bond motifs is 1. The summed E-state index contributed by atoms with van der Waals surface area (Å²) >= 11 is 0. The van der Waals surface area contributed by atoms with E-state index in [1.165, 1.54) is 16.6 Å². The first-order chi connectivity index (χ1) is 14.0. The summed E-state index contributed by atoms with van der Waals surface area (Å²) in [5, 5.41) is 0. The molecule has 0 bridgehead atoms.